The number of rotatable bonds is 3. The molecule has 1 aromatic rings. The number of carbonyl (C=O) groups excluding carboxylic acids is 1. The Morgan fingerprint density at radius 1 is 1.40 bits per heavy atom. The Kier molecular flexibility index (Phi) is 3.77. The largest absolute Gasteiger partial charge is 0.319 e. The highest BCUT2D eigenvalue weighted by molar-refractivity contribution is 6.42. The molecule has 4 heteroatoms. The lowest BCUT2D eigenvalue weighted by molar-refractivity contribution is 0.0898. The summed E-state index contributed by atoms with van der Waals surface area (Å²) >= 11 is 11.6. The molecule has 0 amide bonds. The number of carbonyl (C=O) groups is 1. The SMILES string of the molecule is CCC(C)(N)C(=O)c1ccc(Cl)c(Cl)c1. The van der Waals surface area contributed by atoms with E-state index in [1.54, 1.807) is 25.1 Å². The fourth-order valence-corrected chi connectivity index (χ4v) is 1.43. The minimum Gasteiger partial charge on any atom is -0.319 e. The molecule has 0 fully saturated rings. The normalized spacial score (nSPS) is 14.7. The third-order valence-electron chi connectivity index (χ3n) is 2.43. The highest BCUT2D eigenvalue weighted by Gasteiger charge is 2.27. The van der Waals surface area contributed by atoms with Crippen LogP contribution in [0, 0.1) is 0 Å². The first-order valence-corrected chi connectivity index (χ1v) is 5.43. The van der Waals surface area contributed by atoms with Gasteiger partial charge in [-0.1, -0.05) is 30.1 Å². The van der Waals surface area contributed by atoms with Gasteiger partial charge in [0.25, 0.3) is 0 Å². The second-order valence-corrected chi connectivity index (χ2v) is 4.54. The molecule has 0 aliphatic rings. The maximum Gasteiger partial charge on any atom is 0.182 e. The molecule has 0 spiro atoms. The maximum absolute atomic E-state index is 11.9. The average molecular weight is 246 g/mol. The first-order valence-electron chi connectivity index (χ1n) is 4.67. The molecule has 0 heterocycles. The summed E-state index contributed by atoms with van der Waals surface area (Å²) in [4.78, 5) is 11.9. The highest BCUT2D eigenvalue weighted by atomic mass is 35.5. The maximum atomic E-state index is 11.9. The van der Waals surface area contributed by atoms with Crippen molar-refractivity contribution < 1.29 is 4.79 Å². The summed E-state index contributed by atoms with van der Waals surface area (Å²) < 4.78 is 0. The van der Waals surface area contributed by atoms with Gasteiger partial charge in [0, 0.05) is 5.56 Å². The van der Waals surface area contributed by atoms with Crippen LogP contribution in [-0.4, -0.2) is 11.3 Å². The van der Waals surface area contributed by atoms with Gasteiger partial charge in [0.05, 0.1) is 15.6 Å². The van der Waals surface area contributed by atoms with Gasteiger partial charge in [0.15, 0.2) is 5.78 Å². The van der Waals surface area contributed by atoms with E-state index in [9.17, 15) is 4.79 Å². The van der Waals surface area contributed by atoms with Crippen LogP contribution in [-0.2, 0) is 0 Å². The van der Waals surface area contributed by atoms with Crippen molar-refractivity contribution in [3.63, 3.8) is 0 Å². The number of halogens is 2. The lowest BCUT2D eigenvalue weighted by Crippen LogP contribution is -2.44. The molecule has 0 radical (unpaired) electrons. The minimum absolute atomic E-state index is 0.122. The lowest BCUT2D eigenvalue weighted by atomic mass is 9.90. The fourth-order valence-electron chi connectivity index (χ4n) is 1.13. The molecule has 0 aliphatic heterocycles. The predicted octanol–water partition coefficient (Wildman–Crippen LogP) is 3.30. The zero-order valence-electron chi connectivity index (χ0n) is 8.68. The molecule has 0 saturated heterocycles. The van der Waals surface area contributed by atoms with E-state index in [-0.39, 0.29) is 5.78 Å². The van der Waals surface area contributed by atoms with E-state index < -0.39 is 5.54 Å². The van der Waals surface area contributed by atoms with E-state index in [0.29, 0.717) is 22.0 Å². The van der Waals surface area contributed by atoms with Crippen LogP contribution in [0.5, 0.6) is 0 Å². The topological polar surface area (TPSA) is 43.1 Å². The van der Waals surface area contributed by atoms with Crippen molar-refractivity contribution in [1.29, 1.82) is 0 Å². The van der Waals surface area contributed by atoms with Crippen molar-refractivity contribution >= 4 is 29.0 Å². The Bertz CT molecular complexity index is 388. The molecule has 1 rings (SSSR count). The van der Waals surface area contributed by atoms with Crippen molar-refractivity contribution in [2.24, 2.45) is 5.73 Å². The van der Waals surface area contributed by atoms with Crippen molar-refractivity contribution in [1.82, 2.24) is 0 Å². The molecule has 2 N–H and O–H groups in total. The number of hydrogen-bond donors (Lipinski definition) is 1. The standard InChI is InChI=1S/C11H13Cl2NO/c1-3-11(2,14)10(15)7-4-5-8(12)9(13)6-7/h4-6H,3,14H2,1-2H3. The second-order valence-electron chi connectivity index (χ2n) is 3.73. The zero-order chi connectivity index (χ0) is 11.6. The van der Waals surface area contributed by atoms with Gasteiger partial charge in [-0.05, 0) is 31.5 Å². The van der Waals surface area contributed by atoms with Gasteiger partial charge in [0.2, 0.25) is 0 Å². The quantitative estimate of drug-likeness (QED) is 0.831. The van der Waals surface area contributed by atoms with Gasteiger partial charge in [0.1, 0.15) is 0 Å². The molecule has 0 bridgehead atoms. The number of benzene rings is 1. The summed E-state index contributed by atoms with van der Waals surface area (Å²) in [7, 11) is 0. The third kappa shape index (κ3) is 2.71. The molecule has 0 aromatic heterocycles. The van der Waals surface area contributed by atoms with Crippen LogP contribution in [0.4, 0.5) is 0 Å². The van der Waals surface area contributed by atoms with Gasteiger partial charge in [-0.25, -0.2) is 0 Å². The van der Waals surface area contributed by atoms with Gasteiger partial charge in [-0.15, -0.1) is 0 Å². The minimum atomic E-state index is -0.850. The number of ketones is 1. The van der Waals surface area contributed by atoms with Crippen molar-refractivity contribution in [2.75, 3.05) is 0 Å². The molecule has 1 unspecified atom stereocenters. The van der Waals surface area contributed by atoms with Crippen LogP contribution in [0.2, 0.25) is 10.0 Å². The third-order valence-corrected chi connectivity index (χ3v) is 3.17. The van der Waals surface area contributed by atoms with E-state index in [0.717, 1.165) is 0 Å². The zero-order valence-corrected chi connectivity index (χ0v) is 10.2. The van der Waals surface area contributed by atoms with Crippen molar-refractivity contribution in [3.8, 4) is 0 Å². The summed E-state index contributed by atoms with van der Waals surface area (Å²) in [6.07, 6.45) is 0.575. The molecule has 82 valence electrons. The van der Waals surface area contributed by atoms with E-state index in [4.69, 9.17) is 28.9 Å². The molecular formula is C11H13Cl2NO. The predicted molar refractivity (Wildman–Crippen MR) is 63.7 cm³/mol. The molecule has 2 nitrogen and oxygen atoms in total. The molecule has 0 saturated carbocycles. The van der Waals surface area contributed by atoms with Crippen LogP contribution in [0.3, 0.4) is 0 Å². The van der Waals surface area contributed by atoms with Gasteiger partial charge in [-0.3, -0.25) is 4.79 Å². The van der Waals surface area contributed by atoms with Crippen molar-refractivity contribution in [3.05, 3.63) is 33.8 Å². The first kappa shape index (κ1) is 12.5. The smallest absolute Gasteiger partial charge is 0.182 e. The van der Waals surface area contributed by atoms with Gasteiger partial charge in [-0.2, -0.15) is 0 Å². The van der Waals surface area contributed by atoms with Crippen LogP contribution < -0.4 is 5.73 Å². The second kappa shape index (κ2) is 4.52. The highest BCUT2D eigenvalue weighted by Crippen LogP contribution is 2.24. The van der Waals surface area contributed by atoms with Gasteiger partial charge < -0.3 is 5.73 Å². The summed E-state index contributed by atoms with van der Waals surface area (Å²) in [6.45, 7) is 3.58. The Balaban J connectivity index is 3.08. The summed E-state index contributed by atoms with van der Waals surface area (Å²) in [5.74, 6) is -0.122. The average Bonchev–Trinajstić information content (AvgIpc) is 2.21. The molecule has 1 atom stereocenters. The Morgan fingerprint density at radius 3 is 2.47 bits per heavy atom. The Morgan fingerprint density at radius 2 is 2.00 bits per heavy atom. The molecular weight excluding hydrogens is 233 g/mol. The first-order chi connectivity index (χ1) is 6.88. The van der Waals surface area contributed by atoms with Crippen LogP contribution >= 0.6 is 23.2 Å². The van der Waals surface area contributed by atoms with Crippen LogP contribution in [0.1, 0.15) is 30.6 Å². The number of hydrogen-bond acceptors (Lipinski definition) is 2. The monoisotopic (exact) mass is 245 g/mol. The van der Waals surface area contributed by atoms with Crippen LogP contribution in [0.15, 0.2) is 18.2 Å². The summed E-state index contributed by atoms with van der Waals surface area (Å²) in [6, 6.07) is 4.78. The lowest BCUT2D eigenvalue weighted by Gasteiger charge is -2.21. The molecule has 0 aliphatic carbocycles. The Labute approximate surface area is 99.4 Å². The summed E-state index contributed by atoms with van der Waals surface area (Å²) in [5, 5.41) is 0.804. The van der Waals surface area contributed by atoms with Gasteiger partial charge >= 0.3 is 0 Å². The fraction of sp³-hybridized carbons (Fsp3) is 0.364. The van der Waals surface area contributed by atoms with E-state index in [1.807, 2.05) is 6.92 Å². The van der Waals surface area contributed by atoms with E-state index in [2.05, 4.69) is 0 Å². The molecule has 1 aromatic carbocycles. The van der Waals surface area contributed by atoms with Crippen molar-refractivity contribution in [2.45, 2.75) is 25.8 Å². The van der Waals surface area contributed by atoms with Crippen LogP contribution in [0.25, 0.3) is 0 Å². The molecule has 15 heavy (non-hydrogen) atoms. The number of Topliss-reactive ketones (excluding diaryl/α,β-unsaturated/α-hetero) is 1. The summed E-state index contributed by atoms with van der Waals surface area (Å²) in [5.41, 5.74) is 5.50. The van der Waals surface area contributed by atoms with E-state index in [1.165, 1.54) is 0 Å². The number of nitrogens with two attached hydrogens (primary N) is 1. The van der Waals surface area contributed by atoms with E-state index >= 15 is 0 Å². The Hall–Kier alpha value is -0.570.